The minimum Gasteiger partial charge on any atom is -0.244 e. The Hall–Kier alpha value is -1.11. The van der Waals surface area contributed by atoms with Crippen molar-refractivity contribution in [2.75, 3.05) is 0 Å². The van der Waals surface area contributed by atoms with E-state index in [-0.39, 0.29) is 0 Å². The van der Waals surface area contributed by atoms with Crippen LogP contribution in [0.25, 0.3) is 21.3 Å². The summed E-state index contributed by atoms with van der Waals surface area (Å²) in [6.07, 6.45) is 1.86. The van der Waals surface area contributed by atoms with E-state index in [4.69, 9.17) is 0 Å². The normalized spacial score (nSPS) is 10.7. The van der Waals surface area contributed by atoms with Gasteiger partial charge in [0, 0.05) is 17.0 Å². The zero-order valence-electron chi connectivity index (χ0n) is 7.45. The van der Waals surface area contributed by atoms with E-state index in [0.717, 1.165) is 21.3 Å². The second kappa shape index (κ2) is 3.80. The van der Waals surface area contributed by atoms with Crippen LogP contribution in [0.3, 0.4) is 0 Å². The van der Waals surface area contributed by atoms with Crippen molar-refractivity contribution >= 4 is 34.0 Å². The van der Waals surface area contributed by atoms with Gasteiger partial charge in [-0.2, -0.15) is 0 Å². The third-order valence-corrected chi connectivity index (χ3v) is 4.06. The molecular formula is C9H5N3S3. The number of nitrogens with zero attached hydrogens (tertiary/aromatic N) is 3. The van der Waals surface area contributed by atoms with E-state index in [9.17, 15) is 0 Å². The SMILES string of the molecule is c1nc(-c2cnc(-c3cscn3)s2)cs1. The van der Waals surface area contributed by atoms with Crippen LogP contribution in [0.4, 0.5) is 0 Å². The maximum Gasteiger partial charge on any atom is 0.143 e. The average Bonchev–Trinajstić information content (AvgIpc) is 3.02. The van der Waals surface area contributed by atoms with Crippen LogP contribution in [0.1, 0.15) is 0 Å². The highest BCUT2D eigenvalue weighted by atomic mass is 32.1. The zero-order chi connectivity index (χ0) is 10.1. The molecule has 0 fully saturated rings. The minimum absolute atomic E-state index is 0.950. The summed E-state index contributed by atoms with van der Waals surface area (Å²) in [5, 5.41) is 4.99. The lowest BCUT2D eigenvalue weighted by Crippen LogP contribution is -1.70. The molecule has 3 nitrogen and oxygen atoms in total. The van der Waals surface area contributed by atoms with E-state index in [2.05, 4.69) is 15.0 Å². The van der Waals surface area contributed by atoms with Crippen molar-refractivity contribution in [3.63, 3.8) is 0 Å². The second-order valence-corrected chi connectivity index (χ2v) is 5.25. The highest BCUT2D eigenvalue weighted by molar-refractivity contribution is 7.19. The average molecular weight is 251 g/mol. The third-order valence-electron chi connectivity index (χ3n) is 1.84. The number of rotatable bonds is 2. The van der Waals surface area contributed by atoms with Crippen molar-refractivity contribution in [2.45, 2.75) is 0 Å². The topological polar surface area (TPSA) is 38.7 Å². The van der Waals surface area contributed by atoms with Gasteiger partial charge in [0.1, 0.15) is 10.7 Å². The predicted molar refractivity (Wildman–Crippen MR) is 64.3 cm³/mol. The molecule has 0 radical (unpaired) electrons. The molecule has 0 bridgehead atoms. The van der Waals surface area contributed by atoms with Crippen molar-refractivity contribution in [2.24, 2.45) is 0 Å². The lowest BCUT2D eigenvalue weighted by molar-refractivity contribution is 1.34. The Bertz CT molecular complexity index is 490. The molecule has 3 rings (SSSR count). The van der Waals surface area contributed by atoms with E-state index in [1.807, 2.05) is 28.0 Å². The molecule has 3 aromatic rings. The summed E-state index contributed by atoms with van der Waals surface area (Å²) in [5.74, 6) is 0. The Morgan fingerprint density at radius 3 is 2.27 bits per heavy atom. The first-order valence-electron chi connectivity index (χ1n) is 4.16. The molecule has 6 heteroatoms. The molecule has 0 saturated heterocycles. The van der Waals surface area contributed by atoms with E-state index in [1.54, 1.807) is 34.0 Å². The third kappa shape index (κ3) is 1.71. The van der Waals surface area contributed by atoms with E-state index >= 15 is 0 Å². The summed E-state index contributed by atoms with van der Waals surface area (Å²) >= 11 is 4.80. The van der Waals surface area contributed by atoms with Crippen molar-refractivity contribution in [1.29, 1.82) is 0 Å². The molecule has 3 aromatic heterocycles. The van der Waals surface area contributed by atoms with Gasteiger partial charge in [0.05, 0.1) is 21.6 Å². The summed E-state index contributed by atoms with van der Waals surface area (Å²) in [5.41, 5.74) is 5.60. The van der Waals surface area contributed by atoms with E-state index in [1.165, 1.54) is 0 Å². The Morgan fingerprint density at radius 1 is 0.867 bits per heavy atom. The quantitative estimate of drug-likeness (QED) is 0.700. The summed E-state index contributed by atoms with van der Waals surface area (Å²) < 4.78 is 0. The largest absolute Gasteiger partial charge is 0.244 e. The molecule has 0 aliphatic rings. The molecule has 0 N–H and O–H groups in total. The highest BCUT2D eigenvalue weighted by Gasteiger charge is 2.08. The van der Waals surface area contributed by atoms with Gasteiger partial charge >= 0.3 is 0 Å². The van der Waals surface area contributed by atoms with Crippen LogP contribution < -0.4 is 0 Å². The van der Waals surface area contributed by atoms with Crippen LogP contribution in [0.5, 0.6) is 0 Å². The molecule has 0 spiro atoms. The van der Waals surface area contributed by atoms with E-state index in [0.29, 0.717) is 0 Å². The fourth-order valence-electron chi connectivity index (χ4n) is 1.16. The molecular weight excluding hydrogens is 246 g/mol. The number of thiazole rings is 3. The molecule has 3 heterocycles. The number of aromatic nitrogens is 3. The monoisotopic (exact) mass is 251 g/mol. The lowest BCUT2D eigenvalue weighted by atomic mass is 10.4. The van der Waals surface area contributed by atoms with Crippen molar-refractivity contribution in [3.05, 3.63) is 28.0 Å². The van der Waals surface area contributed by atoms with Gasteiger partial charge in [0.25, 0.3) is 0 Å². The van der Waals surface area contributed by atoms with Crippen molar-refractivity contribution < 1.29 is 0 Å². The van der Waals surface area contributed by atoms with Crippen LogP contribution in [0, 0.1) is 0 Å². The molecule has 0 saturated carbocycles. The molecule has 74 valence electrons. The van der Waals surface area contributed by atoms with Gasteiger partial charge in [-0.15, -0.1) is 34.0 Å². The first kappa shape index (κ1) is 9.14. The number of hydrogen-bond donors (Lipinski definition) is 0. The highest BCUT2D eigenvalue weighted by Crippen LogP contribution is 2.31. The van der Waals surface area contributed by atoms with Crippen LogP contribution in [-0.2, 0) is 0 Å². The standard InChI is InChI=1S/C9H5N3S3/c1-8(6-2-13-4-11-6)15-9(10-1)7-3-14-5-12-7/h1-5H. The first-order valence-corrected chi connectivity index (χ1v) is 6.86. The van der Waals surface area contributed by atoms with E-state index < -0.39 is 0 Å². The molecule has 0 unspecified atom stereocenters. The summed E-state index contributed by atoms with van der Waals surface area (Å²) in [4.78, 5) is 13.9. The Balaban J connectivity index is 2.02. The van der Waals surface area contributed by atoms with Gasteiger partial charge in [-0.05, 0) is 0 Å². The fraction of sp³-hybridized carbons (Fsp3) is 0. The number of hydrogen-bond acceptors (Lipinski definition) is 6. The Kier molecular flexibility index (Phi) is 2.32. The second-order valence-electron chi connectivity index (χ2n) is 2.78. The maximum absolute atomic E-state index is 4.34. The van der Waals surface area contributed by atoms with Gasteiger partial charge in [0.2, 0.25) is 0 Å². The Morgan fingerprint density at radius 2 is 1.60 bits per heavy atom. The summed E-state index contributed by atoms with van der Waals surface area (Å²) in [6.45, 7) is 0. The van der Waals surface area contributed by atoms with Gasteiger partial charge in [-0.1, -0.05) is 0 Å². The van der Waals surface area contributed by atoms with Gasteiger partial charge in [-0.3, -0.25) is 0 Å². The summed E-state index contributed by atoms with van der Waals surface area (Å²) in [7, 11) is 0. The summed E-state index contributed by atoms with van der Waals surface area (Å²) in [6, 6.07) is 0. The van der Waals surface area contributed by atoms with Gasteiger partial charge in [0.15, 0.2) is 0 Å². The van der Waals surface area contributed by atoms with Crippen LogP contribution in [-0.4, -0.2) is 15.0 Å². The fourth-order valence-corrected chi connectivity index (χ4v) is 3.25. The zero-order valence-corrected chi connectivity index (χ0v) is 9.90. The molecule has 0 atom stereocenters. The van der Waals surface area contributed by atoms with Gasteiger partial charge in [-0.25, -0.2) is 15.0 Å². The predicted octanol–water partition coefficient (Wildman–Crippen LogP) is 3.39. The molecule has 0 amide bonds. The van der Waals surface area contributed by atoms with Gasteiger partial charge < -0.3 is 0 Å². The molecule has 15 heavy (non-hydrogen) atoms. The maximum atomic E-state index is 4.34. The molecule has 0 aliphatic carbocycles. The smallest absolute Gasteiger partial charge is 0.143 e. The lowest BCUT2D eigenvalue weighted by Gasteiger charge is -1.86. The van der Waals surface area contributed by atoms with Crippen molar-refractivity contribution in [3.8, 4) is 21.3 Å². The molecule has 0 aliphatic heterocycles. The van der Waals surface area contributed by atoms with Crippen LogP contribution >= 0.6 is 34.0 Å². The molecule has 0 aromatic carbocycles. The first-order chi connectivity index (χ1) is 7.43. The Labute approximate surface area is 98.1 Å². The minimum atomic E-state index is 0.950. The van der Waals surface area contributed by atoms with Crippen molar-refractivity contribution in [1.82, 2.24) is 15.0 Å². The van der Waals surface area contributed by atoms with Crippen LogP contribution in [0.15, 0.2) is 28.0 Å². The van der Waals surface area contributed by atoms with Crippen LogP contribution in [0.2, 0.25) is 0 Å².